The van der Waals surface area contributed by atoms with Crippen LogP contribution in [-0.2, 0) is 20.9 Å². The molecule has 2 fully saturated rings. The van der Waals surface area contributed by atoms with Crippen LogP contribution in [0.3, 0.4) is 0 Å². The van der Waals surface area contributed by atoms with Crippen LogP contribution in [0.5, 0.6) is 0 Å². The number of carbonyl (C=O) groups is 3. The molecule has 2 aromatic rings. The van der Waals surface area contributed by atoms with Gasteiger partial charge in [0.2, 0.25) is 17.7 Å². The molecule has 1 aromatic carbocycles. The molecular weight excluding hydrogens is 624 g/mol. The Morgan fingerprint density at radius 3 is 2.39 bits per heavy atom. The Balaban J connectivity index is 0.00000576. The monoisotopic (exact) mass is 676 g/mol. The van der Waals surface area contributed by atoms with Gasteiger partial charge < -0.3 is 30.9 Å². The van der Waals surface area contributed by atoms with E-state index in [1.54, 1.807) is 11.3 Å². The molecule has 2 aliphatic rings. The first-order valence-corrected chi connectivity index (χ1v) is 17.4. The summed E-state index contributed by atoms with van der Waals surface area (Å²) in [5.41, 5.74) is 4.27. The third-order valence-corrected chi connectivity index (χ3v) is 9.78. The predicted molar refractivity (Wildman–Crippen MR) is 186 cm³/mol. The molecule has 0 saturated carbocycles. The second-order valence-corrected chi connectivity index (χ2v) is 14.4. The van der Waals surface area contributed by atoms with Gasteiger partial charge in [-0.15, -0.1) is 23.7 Å². The lowest BCUT2D eigenvalue weighted by Gasteiger charge is -2.35. The first-order valence-electron chi connectivity index (χ1n) is 16.5. The number of nitrogens with zero attached hydrogens (tertiary/aromatic N) is 3. The lowest BCUT2D eigenvalue weighted by Crippen LogP contribution is -2.57. The van der Waals surface area contributed by atoms with E-state index in [9.17, 15) is 19.5 Å². The van der Waals surface area contributed by atoms with Crippen molar-refractivity contribution < 1.29 is 19.5 Å². The van der Waals surface area contributed by atoms with Crippen molar-refractivity contribution in [2.75, 3.05) is 39.3 Å². The van der Waals surface area contributed by atoms with Crippen molar-refractivity contribution in [3.8, 4) is 10.4 Å². The zero-order chi connectivity index (χ0) is 32.4. The van der Waals surface area contributed by atoms with Crippen LogP contribution in [0.1, 0.15) is 77.0 Å². The average molecular weight is 677 g/mol. The van der Waals surface area contributed by atoms with Crippen LogP contribution in [0, 0.1) is 12.3 Å². The van der Waals surface area contributed by atoms with E-state index in [-0.39, 0.29) is 43.1 Å². The first kappa shape index (κ1) is 37.9. The van der Waals surface area contributed by atoms with Crippen LogP contribution in [0.2, 0.25) is 0 Å². The molecule has 10 nitrogen and oxygen atoms in total. The van der Waals surface area contributed by atoms with Gasteiger partial charge in [0, 0.05) is 52.1 Å². The largest absolute Gasteiger partial charge is 0.391 e. The highest BCUT2D eigenvalue weighted by Crippen LogP contribution is 2.28. The maximum Gasteiger partial charge on any atom is 0.246 e. The predicted octanol–water partition coefficient (Wildman–Crippen LogP) is 3.90. The highest BCUT2D eigenvalue weighted by Gasteiger charge is 2.44. The van der Waals surface area contributed by atoms with Crippen molar-refractivity contribution >= 4 is 41.5 Å². The number of unbranched alkanes of at least 4 members (excludes halogenated alkanes) is 4. The zero-order valence-electron chi connectivity index (χ0n) is 27.8. The van der Waals surface area contributed by atoms with Gasteiger partial charge in [-0.3, -0.25) is 14.4 Å². The number of aliphatic hydroxyl groups excluding tert-OH is 1. The van der Waals surface area contributed by atoms with E-state index in [0.717, 1.165) is 80.1 Å². The third-order valence-electron chi connectivity index (χ3n) is 8.80. The molecule has 0 unspecified atom stereocenters. The summed E-state index contributed by atoms with van der Waals surface area (Å²) in [6.07, 6.45) is 4.94. The maximum atomic E-state index is 13.8. The number of amides is 3. The Labute approximate surface area is 284 Å². The second-order valence-electron chi connectivity index (χ2n) is 13.6. The van der Waals surface area contributed by atoms with Gasteiger partial charge in [-0.05, 0) is 42.9 Å². The molecule has 3 heterocycles. The van der Waals surface area contributed by atoms with Crippen LogP contribution >= 0.6 is 23.7 Å². The summed E-state index contributed by atoms with van der Waals surface area (Å²) in [6.45, 7) is 13.6. The lowest BCUT2D eigenvalue weighted by atomic mass is 9.85. The van der Waals surface area contributed by atoms with Gasteiger partial charge >= 0.3 is 0 Å². The molecular formula is C34H53ClN6O4S. The van der Waals surface area contributed by atoms with Crippen LogP contribution in [0.25, 0.3) is 10.4 Å². The molecule has 46 heavy (non-hydrogen) atoms. The normalized spacial score (nSPS) is 19.4. The quantitative estimate of drug-likeness (QED) is 0.224. The van der Waals surface area contributed by atoms with Gasteiger partial charge in [-0.25, -0.2) is 4.98 Å². The van der Waals surface area contributed by atoms with E-state index >= 15 is 0 Å². The summed E-state index contributed by atoms with van der Waals surface area (Å²) in [6, 6.07) is 6.38. The molecule has 0 bridgehead atoms. The number of hydrogen-bond acceptors (Lipinski definition) is 8. The number of aryl methyl sites for hydroxylation is 1. The van der Waals surface area contributed by atoms with Crippen LogP contribution in [-0.4, -0.2) is 95.1 Å². The zero-order valence-corrected chi connectivity index (χ0v) is 29.5. The SMILES string of the molecule is Cc1ncsc1-c1ccc(CNC(=O)[C@@H]2C[C@@H](O)CN2C(=O)[C@@H](NC(=O)CCCCCCCN2CCNCC2)C(C)(C)C)cc1.Cl. The summed E-state index contributed by atoms with van der Waals surface area (Å²) < 4.78 is 0. The van der Waals surface area contributed by atoms with Gasteiger partial charge in [0.15, 0.2) is 0 Å². The van der Waals surface area contributed by atoms with Gasteiger partial charge in [-0.1, -0.05) is 64.3 Å². The Morgan fingerprint density at radius 2 is 1.74 bits per heavy atom. The van der Waals surface area contributed by atoms with Crippen LogP contribution in [0.15, 0.2) is 29.8 Å². The van der Waals surface area contributed by atoms with Crippen molar-refractivity contribution in [3.05, 3.63) is 41.0 Å². The minimum atomic E-state index is -0.799. The Bertz CT molecular complexity index is 1260. The van der Waals surface area contributed by atoms with Crippen molar-refractivity contribution in [3.63, 3.8) is 0 Å². The minimum absolute atomic E-state index is 0. The van der Waals surface area contributed by atoms with E-state index in [4.69, 9.17) is 0 Å². The number of halogens is 1. The smallest absolute Gasteiger partial charge is 0.246 e. The lowest BCUT2D eigenvalue weighted by molar-refractivity contribution is -0.144. The molecule has 256 valence electrons. The Hall–Kier alpha value is -2.57. The number of aromatic nitrogens is 1. The van der Waals surface area contributed by atoms with Gasteiger partial charge in [-0.2, -0.15) is 0 Å². The van der Waals surface area contributed by atoms with E-state index in [1.165, 1.54) is 11.3 Å². The number of aliphatic hydroxyl groups is 1. The highest BCUT2D eigenvalue weighted by molar-refractivity contribution is 7.13. The highest BCUT2D eigenvalue weighted by atomic mass is 35.5. The summed E-state index contributed by atoms with van der Waals surface area (Å²) in [7, 11) is 0. The van der Waals surface area contributed by atoms with Crippen LogP contribution in [0.4, 0.5) is 0 Å². The van der Waals surface area contributed by atoms with Crippen LogP contribution < -0.4 is 16.0 Å². The summed E-state index contributed by atoms with van der Waals surface area (Å²) in [4.78, 5) is 49.5. The number of likely N-dealkylation sites (tertiary alicyclic amines) is 1. The first-order chi connectivity index (χ1) is 21.5. The van der Waals surface area contributed by atoms with E-state index in [0.29, 0.717) is 13.0 Å². The van der Waals surface area contributed by atoms with Gasteiger partial charge in [0.05, 0.1) is 22.2 Å². The fraction of sp³-hybridized carbons (Fsp3) is 0.647. The molecule has 0 aliphatic carbocycles. The average Bonchev–Trinajstić information content (AvgIpc) is 3.63. The van der Waals surface area contributed by atoms with E-state index in [2.05, 4.69) is 25.8 Å². The number of rotatable bonds is 14. The second kappa shape index (κ2) is 18.1. The molecule has 1 aromatic heterocycles. The molecule has 4 N–H and O–H groups in total. The third kappa shape index (κ3) is 11.0. The van der Waals surface area contributed by atoms with Gasteiger partial charge in [0.1, 0.15) is 12.1 Å². The maximum absolute atomic E-state index is 13.8. The number of thiazole rings is 1. The minimum Gasteiger partial charge on any atom is -0.391 e. The van der Waals surface area contributed by atoms with Crippen molar-refractivity contribution in [1.82, 2.24) is 30.7 Å². The van der Waals surface area contributed by atoms with Gasteiger partial charge in [0.25, 0.3) is 0 Å². The molecule has 2 saturated heterocycles. The van der Waals surface area contributed by atoms with Crippen molar-refractivity contribution in [1.29, 1.82) is 0 Å². The number of β-amino-alcohol motifs (C(OH)–C–C–N with tert-alkyl or cyclic N) is 1. The van der Waals surface area contributed by atoms with E-state index in [1.807, 2.05) is 57.5 Å². The number of benzene rings is 1. The molecule has 0 radical (unpaired) electrons. The number of piperazine rings is 1. The molecule has 2 aliphatic heterocycles. The standard InChI is InChI=1S/C34H52N6O4S.ClH/c1-24-30(45-23-37-24)26-13-11-25(12-14-26)21-36-32(43)28-20-27(41)22-40(28)33(44)31(34(2,3)4)38-29(42)10-8-6-5-7-9-17-39-18-15-35-16-19-39;/h11-14,23,27-28,31,35,41H,5-10,15-22H2,1-4H3,(H,36,43)(H,38,42);1H/t27-,28+,31-;/m1./s1. The molecule has 3 amide bonds. The fourth-order valence-corrected chi connectivity index (χ4v) is 6.91. The Morgan fingerprint density at radius 1 is 1.07 bits per heavy atom. The van der Waals surface area contributed by atoms with Crippen molar-refractivity contribution in [2.45, 2.75) is 97.4 Å². The molecule has 4 rings (SSSR count). The number of hydrogen-bond donors (Lipinski definition) is 4. The van der Waals surface area contributed by atoms with Crippen molar-refractivity contribution in [2.24, 2.45) is 5.41 Å². The molecule has 12 heteroatoms. The molecule has 0 spiro atoms. The number of nitrogens with one attached hydrogen (secondary N) is 3. The Kier molecular flexibility index (Phi) is 14.9. The topological polar surface area (TPSA) is 127 Å². The molecule has 3 atom stereocenters. The number of carbonyl (C=O) groups excluding carboxylic acids is 3. The summed E-state index contributed by atoms with van der Waals surface area (Å²) in [5, 5.41) is 19.8. The van der Waals surface area contributed by atoms with E-state index < -0.39 is 23.6 Å². The summed E-state index contributed by atoms with van der Waals surface area (Å²) >= 11 is 1.59. The fourth-order valence-electron chi connectivity index (χ4n) is 6.10. The summed E-state index contributed by atoms with van der Waals surface area (Å²) in [5.74, 6) is -0.787.